The van der Waals surface area contributed by atoms with Gasteiger partial charge in [0, 0.05) is 11.0 Å². The van der Waals surface area contributed by atoms with E-state index in [4.69, 9.17) is 4.74 Å². The molecule has 2 rings (SSSR count). The maximum absolute atomic E-state index is 11.9. The van der Waals surface area contributed by atoms with Crippen molar-refractivity contribution in [2.24, 2.45) is 0 Å². The fraction of sp³-hybridized carbons (Fsp3) is 0.462. The van der Waals surface area contributed by atoms with Crippen LogP contribution < -0.4 is 5.43 Å². The molecule has 98 valence electrons. The number of halogens is 1. The number of carbonyl (C=O) groups excluding carboxylic acids is 1. The Morgan fingerprint density at radius 2 is 2.17 bits per heavy atom. The monoisotopic (exact) mass is 312 g/mol. The molecule has 0 radical (unpaired) electrons. The number of carbonyl (C=O) groups is 1. The van der Waals surface area contributed by atoms with Gasteiger partial charge in [0.2, 0.25) is 0 Å². The molecule has 0 fully saturated rings. The summed E-state index contributed by atoms with van der Waals surface area (Å²) in [4.78, 5) is 11.9. The van der Waals surface area contributed by atoms with Gasteiger partial charge in [-0.1, -0.05) is 22.0 Å². The summed E-state index contributed by atoms with van der Waals surface area (Å²) in [6.07, 6.45) is 0.489. The largest absolute Gasteiger partial charge is 0.442 e. The first-order chi connectivity index (χ1) is 8.35. The van der Waals surface area contributed by atoms with Crippen molar-refractivity contribution >= 4 is 27.7 Å². The second kappa shape index (κ2) is 4.80. The van der Waals surface area contributed by atoms with Gasteiger partial charge in [0.25, 0.3) is 0 Å². The average Bonchev–Trinajstić information content (AvgIpc) is 2.25. The van der Waals surface area contributed by atoms with Gasteiger partial charge in [-0.15, -0.1) is 0 Å². The molecule has 0 aromatic heterocycles. The van der Waals surface area contributed by atoms with Crippen LogP contribution in [-0.2, 0) is 11.2 Å². The number of benzene rings is 1. The van der Waals surface area contributed by atoms with Gasteiger partial charge in [0.15, 0.2) is 0 Å². The van der Waals surface area contributed by atoms with E-state index in [1.807, 2.05) is 32.9 Å². The molecule has 18 heavy (non-hydrogen) atoms. The molecule has 1 amide bonds. The normalized spacial score (nSPS) is 14.8. The van der Waals surface area contributed by atoms with Gasteiger partial charge < -0.3 is 4.74 Å². The molecule has 0 saturated carbocycles. The van der Waals surface area contributed by atoms with E-state index in [1.54, 1.807) is 0 Å². The molecule has 0 saturated heterocycles. The molecule has 0 spiro atoms. The first-order valence-corrected chi connectivity index (χ1v) is 6.70. The molecular weight excluding hydrogens is 296 g/mol. The van der Waals surface area contributed by atoms with Crippen LogP contribution in [0.1, 0.15) is 26.3 Å². The lowest BCUT2D eigenvalue weighted by atomic mass is 10.1. The highest BCUT2D eigenvalue weighted by molar-refractivity contribution is 9.10. The Balaban J connectivity index is 2.09. The number of hydrazine groups is 1. The molecule has 0 bridgehead atoms. The minimum atomic E-state index is -0.476. The summed E-state index contributed by atoms with van der Waals surface area (Å²) in [5.74, 6) is 0. The summed E-state index contributed by atoms with van der Waals surface area (Å²) in [6.45, 7) is 6.20. The third-order valence-electron chi connectivity index (χ3n) is 2.55. The van der Waals surface area contributed by atoms with Crippen molar-refractivity contribution in [3.63, 3.8) is 0 Å². The zero-order valence-corrected chi connectivity index (χ0v) is 12.4. The summed E-state index contributed by atoms with van der Waals surface area (Å²) in [6, 6.07) is 6.02. The molecule has 0 atom stereocenters. The Morgan fingerprint density at radius 3 is 2.83 bits per heavy atom. The van der Waals surface area contributed by atoms with E-state index in [0.717, 1.165) is 16.6 Å². The zero-order chi connectivity index (χ0) is 13.3. The van der Waals surface area contributed by atoms with E-state index in [2.05, 4.69) is 27.4 Å². The van der Waals surface area contributed by atoms with Gasteiger partial charge >= 0.3 is 6.09 Å². The summed E-state index contributed by atoms with van der Waals surface area (Å²) < 4.78 is 6.32. The van der Waals surface area contributed by atoms with Gasteiger partial charge in [-0.25, -0.2) is 9.80 Å². The summed E-state index contributed by atoms with van der Waals surface area (Å²) >= 11 is 3.42. The van der Waals surface area contributed by atoms with Crippen molar-refractivity contribution < 1.29 is 9.53 Å². The molecule has 1 aliphatic heterocycles. The number of amides is 1. The number of anilines is 1. The Bertz CT molecular complexity index is 469. The number of rotatable bonds is 0. The van der Waals surface area contributed by atoms with Crippen molar-refractivity contribution in [3.8, 4) is 0 Å². The Kier molecular flexibility index (Phi) is 3.52. The Hall–Kier alpha value is -1.23. The maximum atomic E-state index is 11.9. The highest BCUT2D eigenvalue weighted by atomic mass is 79.9. The predicted octanol–water partition coefficient (Wildman–Crippen LogP) is 3.57. The van der Waals surface area contributed by atoms with E-state index >= 15 is 0 Å². The van der Waals surface area contributed by atoms with Crippen LogP contribution in [0.3, 0.4) is 0 Å². The summed E-state index contributed by atoms with van der Waals surface area (Å²) in [5, 5.41) is 1.51. The standard InChI is InChI=1S/C13H17BrN2O2/c1-13(2,3)18-12(17)16-7-6-9-4-5-10(14)8-11(9)15-16/h4-5,8,15H,6-7H2,1-3H3. The molecule has 1 N–H and O–H groups in total. The number of ether oxygens (including phenoxy) is 1. The molecule has 1 heterocycles. The van der Waals surface area contributed by atoms with Crippen LogP contribution in [0.15, 0.2) is 22.7 Å². The van der Waals surface area contributed by atoms with Crippen LogP contribution >= 0.6 is 15.9 Å². The lowest BCUT2D eigenvalue weighted by Crippen LogP contribution is -2.43. The third kappa shape index (κ3) is 3.16. The average molecular weight is 313 g/mol. The molecule has 1 aromatic carbocycles. The SMILES string of the molecule is CC(C)(C)OC(=O)N1CCc2ccc(Br)cc2N1. The smallest absolute Gasteiger partial charge is 0.429 e. The predicted molar refractivity (Wildman–Crippen MR) is 74.4 cm³/mol. The Labute approximate surface area is 115 Å². The van der Waals surface area contributed by atoms with Crippen molar-refractivity contribution in [3.05, 3.63) is 28.2 Å². The summed E-state index contributed by atoms with van der Waals surface area (Å²) in [7, 11) is 0. The minimum absolute atomic E-state index is 0.340. The number of fused-ring (bicyclic) bond motifs is 1. The zero-order valence-electron chi connectivity index (χ0n) is 10.8. The molecule has 0 unspecified atom stereocenters. The number of hydrogen-bond acceptors (Lipinski definition) is 3. The van der Waals surface area contributed by atoms with E-state index in [0.29, 0.717) is 6.54 Å². The molecular formula is C13H17BrN2O2. The van der Waals surface area contributed by atoms with Crippen LogP contribution in [-0.4, -0.2) is 23.2 Å². The van der Waals surface area contributed by atoms with E-state index < -0.39 is 5.60 Å². The lowest BCUT2D eigenvalue weighted by Gasteiger charge is -2.32. The molecule has 4 nitrogen and oxygen atoms in total. The number of nitrogens with zero attached hydrogens (tertiary/aromatic N) is 1. The van der Waals surface area contributed by atoms with Gasteiger partial charge in [-0.05, 0) is 44.9 Å². The van der Waals surface area contributed by atoms with Crippen LogP contribution in [0.5, 0.6) is 0 Å². The summed E-state index contributed by atoms with van der Waals surface area (Å²) in [5.41, 5.74) is 4.77. The van der Waals surface area contributed by atoms with Gasteiger partial charge in [0.05, 0.1) is 5.69 Å². The molecule has 1 aliphatic rings. The van der Waals surface area contributed by atoms with Crippen molar-refractivity contribution in [2.45, 2.75) is 32.8 Å². The van der Waals surface area contributed by atoms with Crippen LogP contribution in [0, 0.1) is 0 Å². The second-order valence-corrected chi connectivity index (χ2v) is 6.21. The molecule has 1 aromatic rings. The highest BCUT2D eigenvalue weighted by Gasteiger charge is 2.25. The first-order valence-electron chi connectivity index (χ1n) is 5.91. The lowest BCUT2D eigenvalue weighted by molar-refractivity contribution is 0.0292. The fourth-order valence-corrected chi connectivity index (χ4v) is 2.12. The van der Waals surface area contributed by atoms with E-state index in [9.17, 15) is 4.79 Å². The van der Waals surface area contributed by atoms with Crippen LogP contribution in [0.25, 0.3) is 0 Å². The highest BCUT2D eigenvalue weighted by Crippen LogP contribution is 2.26. The minimum Gasteiger partial charge on any atom is -0.442 e. The third-order valence-corrected chi connectivity index (χ3v) is 3.04. The first kappa shape index (κ1) is 13.2. The molecule has 0 aliphatic carbocycles. The van der Waals surface area contributed by atoms with Crippen molar-refractivity contribution in [2.75, 3.05) is 12.0 Å². The van der Waals surface area contributed by atoms with Crippen LogP contribution in [0.2, 0.25) is 0 Å². The van der Waals surface area contributed by atoms with Gasteiger partial charge in [-0.2, -0.15) is 0 Å². The van der Waals surface area contributed by atoms with Gasteiger partial charge in [0.1, 0.15) is 5.60 Å². The topological polar surface area (TPSA) is 41.6 Å². The number of nitrogens with one attached hydrogen (secondary N) is 1. The fourth-order valence-electron chi connectivity index (χ4n) is 1.76. The number of hydrogen-bond donors (Lipinski definition) is 1. The maximum Gasteiger partial charge on any atom is 0.429 e. The van der Waals surface area contributed by atoms with Crippen molar-refractivity contribution in [1.29, 1.82) is 0 Å². The van der Waals surface area contributed by atoms with Gasteiger partial charge in [-0.3, -0.25) is 5.43 Å². The Morgan fingerprint density at radius 1 is 1.44 bits per heavy atom. The van der Waals surface area contributed by atoms with E-state index in [1.165, 1.54) is 10.6 Å². The second-order valence-electron chi connectivity index (χ2n) is 5.30. The van der Waals surface area contributed by atoms with E-state index in [-0.39, 0.29) is 6.09 Å². The quantitative estimate of drug-likeness (QED) is 0.796. The van der Waals surface area contributed by atoms with Crippen LogP contribution in [0.4, 0.5) is 10.5 Å². The van der Waals surface area contributed by atoms with Crippen molar-refractivity contribution in [1.82, 2.24) is 5.01 Å². The molecule has 5 heteroatoms.